The minimum Gasteiger partial charge on any atom is -0.497 e. The molecule has 1 aliphatic rings. The van der Waals surface area contributed by atoms with Gasteiger partial charge in [0, 0.05) is 41.2 Å². The zero-order valence-corrected chi connectivity index (χ0v) is 21.3. The number of nitrogens with one attached hydrogen (secondary N) is 1. The summed E-state index contributed by atoms with van der Waals surface area (Å²) in [6, 6.07) is 25.3. The number of hydrogen-bond donors (Lipinski definition) is 1. The highest BCUT2D eigenvalue weighted by Gasteiger charge is 2.32. The maximum Gasteiger partial charge on any atom is 0.118 e. The molecule has 0 saturated heterocycles. The van der Waals surface area contributed by atoms with Crippen LogP contribution >= 0.6 is 11.3 Å². The first-order chi connectivity index (χ1) is 17.7. The van der Waals surface area contributed by atoms with Gasteiger partial charge in [-0.05, 0) is 64.5 Å². The summed E-state index contributed by atoms with van der Waals surface area (Å²) >= 11 is 1.70. The van der Waals surface area contributed by atoms with E-state index in [-0.39, 0.29) is 6.04 Å². The zero-order valence-electron chi connectivity index (χ0n) is 20.5. The molecular weight excluding hydrogens is 466 g/mol. The van der Waals surface area contributed by atoms with Crippen LogP contribution in [0.1, 0.15) is 28.3 Å². The number of anilines is 1. The molecule has 2 aromatic heterocycles. The van der Waals surface area contributed by atoms with Gasteiger partial charge in [0.05, 0.1) is 25.6 Å². The van der Waals surface area contributed by atoms with Crippen molar-refractivity contribution >= 4 is 17.0 Å². The second-order valence-corrected chi connectivity index (χ2v) is 9.66. The molecule has 1 N–H and O–H groups in total. The fourth-order valence-electron chi connectivity index (χ4n) is 5.08. The Hall–Kier alpha value is -4.03. The van der Waals surface area contributed by atoms with Gasteiger partial charge < -0.3 is 14.8 Å². The lowest BCUT2D eigenvalue weighted by atomic mass is 9.97. The van der Waals surface area contributed by atoms with Crippen LogP contribution in [0.5, 0.6) is 11.5 Å². The Kier molecular flexibility index (Phi) is 5.74. The molecule has 0 fully saturated rings. The number of aromatic nitrogens is 2. The maximum absolute atomic E-state index is 5.44. The molecule has 2 heterocycles. The third kappa shape index (κ3) is 3.74. The van der Waals surface area contributed by atoms with Crippen LogP contribution in [-0.4, -0.2) is 31.0 Å². The quantitative estimate of drug-likeness (QED) is 0.263. The Labute approximate surface area is 215 Å². The molecule has 0 aliphatic heterocycles. The largest absolute Gasteiger partial charge is 0.497 e. The Morgan fingerprint density at radius 3 is 2.11 bits per heavy atom. The summed E-state index contributed by atoms with van der Waals surface area (Å²) in [4.78, 5) is 0. The molecule has 36 heavy (non-hydrogen) atoms. The van der Waals surface area contributed by atoms with Crippen LogP contribution in [0, 0.1) is 0 Å². The van der Waals surface area contributed by atoms with Crippen molar-refractivity contribution in [2.75, 3.05) is 26.6 Å². The van der Waals surface area contributed by atoms with E-state index < -0.39 is 0 Å². The van der Waals surface area contributed by atoms with Crippen LogP contribution in [0.2, 0.25) is 0 Å². The van der Waals surface area contributed by atoms with E-state index in [1.807, 2.05) is 31.3 Å². The van der Waals surface area contributed by atoms with Gasteiger partial charge in [-0.3, -0.25) is 4.68 Å². The van der Waals surface area contributed by atoms with Crippen molar-refractivity contribution in [3.8, 4) is 34.0 Å². The van der Waals surface area contributed by atoms with E-state index in [1.54, 1.807) is 25.6 Å². The lowest BCUT2D eigenvalue weighted by molar-refractivity contribution is 0.414. The first kappa shape index (κ1) is 22.4. The lowest BCUT2D eigenvalue weighted by Crippen LogP contribution is -2.15. The van der Waals surface area contributed by atoms with Crippen molar-refractivity contribution in [1.29, 1.82) is 0 Å². The number of benzene rings is 3. The van der Waals surface area contributed by atoms with E-state index in [9.17, 15) is 0 Å². The maximum atomic E-state index is 5.44. The topological polar surface area (TPSA) is 48.3 Å². The standard InChI is InChI=1S/C30H27N3O2S/c1-31-23-9-4-21-16-27-28(22-14-15-36-18-22)32-33(30(27)26(21)17-23)29(19-5-10-24(34-2)11-6-19)20-7-12-25(35-3)13-8-20/h4-15,17-18,29,31H,16H2,1-3H3. The molecule has 3 aromatic carbocycles. The highest BCUT2D eigenvalue weighted by Crippen LogP contribution is 2.46. The van der Waals surface area contributed by atoms with E-state index in [1.165, 1.54) is 27.9 Å². The number of methoxy groups -OCH3 is 2. The predicted molar refractivity (Wildman–Crippen MR) is 147 cm³/mol. The summed E-state index contributed by atoms with van der Waals surface area (Å²) < 4.78 is 13.1. The minimum absolute atomic E-state index is 0.118. The fraction of sp³-hybridized carbons (Fsp3) is 0.167. The third-order valence-corrected chi connectivity index (χ3v) is 7.61. The Morgan fingerprint density at radius 2 is 1.56 bits per heavy atom. The van der Waals surface area contributed by atoms with Crippen molar-refractivity contribution in [3.05, 3.63) is 106 Å². The summed E-state index contributed by atoms with van der Waals surface area (Å²) in [5.41, 5.74) is 10.6. The van der Waals surface area contributed by atoms with Crippen LogP contribution in [0.3, 0.4) is 0 Å². The van der Waals surface area contributed by atoms with Crippen LogP contribution in [0.25, 0.3) is 22.5 Å². The average molecular weight is 494 g/mol. The van der Waals surface area contributed by atoms with Gasteiger partial charge in [0.1, 0.15) is 17.5 Å². The van der Waals surface area contributed by atoms with Gasteiger partial charge in [-0.25, -0.2) is 0 Å². The second-order valence-electron chi connectivity index (χ2n) is 8.88. The van der Waals surface area contributed by atoms with E-state index in [2.05, 4.69) is 69.3 Å². The molecule has 0 unspecified atom stereocenters. The van der Waals surface area contributed by atoms with Crippen LogP contribution in [-0.2, 0) is 6.42 Å². The molecule has 6 heteroatoms. The van der Waals surface area contributed by atoms with Crippen molar-refractivity contribution in [1.82, 2.24) is 9.78 Å². The smallest absolute Gasteiger partial charge is 0.118 e. The van der Waals surface area contributed by atoms with Gasteiger partial charge in [0.2, 0.25) is 0 Å². The summed E-state index contributed by atoms with van der Waals surface area (Å²) in [5.74, 6) is 1.67. The highest BCUT2D eigenvalue weighted by molar-refractivity contribution is 7.08. The SMILES string of the molecule is CNc1ccc2c(c1)-c1c(c(-c3ccsc3)nn1C(c1ccc(OC)cc1)c1ccc(OC)cc1)C2. The number of thiophene rings is 1. The fourth-order valence-corrected chi connectivity index (χ4v) is 5.72. The Balaban J connectivity index is 1.61. The summed E-state index contributed by atoms with van der Waals surface area (Å²) in [6.45, 7) is 0. The molecule has 0 amide bonds. The Morgan fingerprint density at radius 1 is 0.889 bits per heavy atom. The molecule has 5 nitrogen and oxygen atoms in total. The monoisotopic (exact) mass is 493 g/mol. The number of nitrogens with zero attached hydrogens (tertiary/aromatic N) is 2. The summed E-state index contributed by atoms with van der Waals surface area (Å²) in [6.07, 6.45) is 0.873. The van der Waals surface area contributed by atoms with Gasteiger partial charge in [0.15, 0.2) is 0 Å². The summed E-state index contributed by atoms with van der Waals surface area (Å²) in [7, 11) is 5.35. The molecule has 0 saturated carbocycles. The molecule has 6 rings (SSSR count). The zero-order chi connectivity index (χ0) is 24.6. The molecule has 180 valence electrons. The van der Waals surface area contributed by atoms with Gasteiger partial charge in [-0.1, -0.05) is 30.3 Å². The van der Waals surface area contributed by atoms with Gasteiger partial charge in [-0.15, -0.1) is 0 Å². The van der Waals surface area contributed by atoms with Crippen molar-refractivity contribution < 1.29 is 9.47 Å². The molecule has 0 atom stereocenters. The van der Waals surface area contributed by atoms with E-state index >= 15 is 0 Å². The second kappa shape index (κ2) is 9.21. The van der Waals surface area contributed by atoms with E-state index in [4.69, 9.17) is 14.6 Å². The van der Waals surface area contributed by atoms with E-state index in [0.717, 1.165) is 40.4 Å². The molecule has 0 radical (unpaired) electrons. The minimum atomic E-state index is -0.118. The van der Waals surface area contributed by atoms with Crippen molar-refractivity contribution in [3.63, 3.8) is 0 Å². The van der Waals surface area contributed by atoms with Gasteiger partial charge in [0.25, 0.3) is 0 Å². The van der Waals surface area contributed by atoms with Gasteiger partial charge in [-0.2, -0.15) is 16.4 Å². The Bertz CT molecular complexity index is 1460. The highest BCUT2D eigenvalue weighted by atomic mass is 32.1. The average Bonchev–Trinajstić information content (AvgIpc) is 3.66. The molecule has 0 bridgehead atoms. The number of ether oxygens (including phenoxy) is 2. The van der Waals surface area contributed by atoms with Gasteiger partial charge >= 0.3 is 0 Å². The molecule has 0 spiro atoms. The molecule has 5 aromatic rings. The first-order valence-corrected chi connectivity index (χ1v) is 12.9. The molecular formula is C30H27N3O2S. The van der Waals surface area contributed by atoms with Crippen LogP contribution in [0.15, 0.2) is 83.6 Å². The summed E-state index contributed by atoms with van der Waals surface area (Å²) in [5, 5.41) is 12.9. The van der Waals surface area contributed by atoms with Crippen LogP contribution < -0.4 is 14.8 Å². The number of hydrogen-bond acceptors (Lipinski definition) is 5. The van der Waals surface area contributed by atoms with Crippen LogP contribution in [0.4, 0.5) is 5.69 Å². The molecule has 1 aliphatic carbocycles. The number of fused-ring (bicyclic) bond motifs is 3. The lowest BCUT2D eigenvalue weighted by Gasteiger charge is -2.22. The van der Waals surface area contributed by atoms with Crippen molar-refractivity contribution in [2.24, 2.45) is 0 Å². The number of rotatable bonds is 7. The normalized spacial score (nSPS) is 11.9. The first-order valence-electron chi connectivity index (χ1n) is 11.9. The van der Waals surface area contributed by atoms with Crippen molar-refractivity contribution in [2.45, 2.75) is 12.5 Å². The van der Waals surface area contributed by atoms with E-state index in [0.29, 0.717) is 0 Å². The third-order valence-electron chi connectivity index (χ3n) is 6.93. The predicted octanol–water partition coefficient (Wildman–Crippen LogP) is 6.88.